The molecule has 3 aromatic rings. The van der Waals surface area contributed by atoms with Crippen molar-refractivity contribution in [1.82, 2.24) is 4.90 Å². The van der Waals surface area contributed by atoms with Crippen molar-refractivity contribution < 1.29 is 19.1 Å². The van der Waals surface area contributed by atoms with Crippen molar-refractivity contribution in [2.24, 2.45) is 0 Å². The number of thioether (sulfide) groups is 1. The zero-order valence-electron chi connectivity index (χ0n) is 19.5. The highest BCUT2D eigenvalue weighted by atomic mass is 35.5. The molecule has 3 aromatic carbocycles. The molecule has 4 rings (SSSR count). The Balaban J connectivity index is 1.44. The first-order chi connectivity index (χ1) is 17.2. The highest BCUT2D eigenvalue weighted by molar-refractivity contribution is 8.18. The van der Waals surface area contributed by atoms with E-state index in [1.165, 1.54) is 0 Å². The van der Waals surface area contributed by atoms with Crippen molar-refractivity contribution in [2.75, 3.05) is 11.9 Å². The van der Waals surface area contributed by atoms with Gasteiger partial charge >= 0.3 is 0 Å². The number of aryl methyl sites for hydroxylation is 2. The van der Waals surface area contributed by atoms with Gasteiger partial charge in [-0.25, -0.2) is 0 Å². The summed E-state index contributed by atoms with van der Waals surface area (Å²) in [6.45, 7) is 3.85. The molecule has 0 aromatic heterocycles. The van der Waals surface area contributed by atoms with Crippen LogP contribution in [0.1, 0.15) is 22.3 Å². The van der Waals surface area contributed by atoms with Crippen LogP contribution in [0.2, 0.25) is 10.0 Å². The van der Waals surface area contributed by atoms with Crippen molar-refractivity contribution in [2.45, 2.75) is 20.4 Å². The van der Waals surface area contributed by atoms with Crippen LogP contribution < -0.4 is 10.1 Å². The van der Waals surface area contributed by atoms with Gasteiger partial charge in [-0.05, 0) is 78.7 Å². The first kappa shape index (κ1) is 25.8. The maximum absolute atomic E-state index is 13.0. The van der Waals surface area contributed by atoms with Crippen LogP contribution in [0, 0.1) is 13.8 Å². The number of halogens is 2. The Kier molecular flexibility index (Phi) is 8.04. The molecule has 9 heteroatoms. The minimum Gasteiger partial charge on any atom is -0.483 e. The third-order valence-electron chi connectivity index (χ3n) is 5.55. The van der Waals surface area contributed by atoms with Gasteiger partial charge in [0.1, 0.15) is 5.75 Å². The molecule has 184 valence electrons. The van der Waals surface area contributed by atoms with E-state index in [1.54, 1.807) is 48.5 Å². The number of amides is 3. The second-order valence-electron chi connectivity index (χ2n) is 8.19. The van der Waals surface area contributed by atoms with E-state index in [4.69, 9.17) is 27.9 Å². The smallest absolute Gasteiger partial charge is 0.293 e. The molecular weight excluding hydrogens is 519 g/mol. The molecule has 1 N–H and O–H groups in total. The lowest BCUT2D eigenvalue weighted by molar-refractivity contribution is -0.123. The van der Waals surface area contributed by atoms with E-state index in [0.29, 0.717) is 32.6 Å². The van der Waals surface area contributed by atoms with Crippen LogP contribution in [0.25, 0.3) is 6.08 Å². The number of nitrogens with one attached hydrogen (secondary N) is 1. The van der Waals surface area contributed by atoms with E-state index in [2.05, 4.69) is 5.32 Å². The SMILES string of the molecule is Cc1ccc(NC(=O)COc2ccccc2/C=C2\SC(=O)N(Cc3ccc(Cl)c(Cl)c3)C2=O)cc1C. The van der Waals surface area contributed by atoms with Gasteiger partial charge < -0.3 is 10.1 Å². The maximum atomic E-state index is 13.0. The fourth-order valence-electron chi connectivity index (χ4n) is 3.49. The molecule has 6 nitrogen and oxygen atoms in total. The minimum absolute atomic E-state index is 0.0791. The van der Waals surface area contributed by atoms with Crippen molar-refractivity contribution in [3.63, 3.8) is 0 Å². The summed E-state index contributed by atoms with van der Waals surface area (Å²) >= 11 is 12.9. The number of nitrogens with zero attached hydrogens (tertiary/aromatic N) is 1. The van der Waals surface area contributed by atoms with Crippen molar-refractivity contribution in [3.05, 3.63) is 97.9 Å². The summed E-state index contributed by atoms with van der Waals surface area (Å²) in [5, 5.41) is 3.18. The summed E-state index contributed by atoms with van der Waals surface area (Å²) < 4.78 is 5.74. The molecule has 0 atom stereocenters. The monoisotopic (exact) mass is 540 g/mol. The Labute approximate surface area is 223 Å². The average molecular weight is 541 g/mol. The van der Waals surface area contributed by atoms with Crippen LogP contribution in [-0.2, 0) is 16.1 Å². The third-order valence-corrected chi connectivity index (χ3v) is 7.20. The van der Waals surface area contributed by atoms with E-state index >= 15 is 0 Å². The second kappa shape index (κ2) is 11.2. The summed E-state index contributed by atoms with van der Waals surface area (Å²) in [7, 11) is 0. The number of carbonyl (C=O) groups excluding carboxylic acids is 3. The molecule has 36 heavy (non-hydrogen) atoms. The van der Waals surface area contributed by atoms with Gasteiger partial charge in [0, 0.05) is 11.3 Å². The number of hydrogen-bond acceptors (Lipinski definition) is 5. The molecule has 1 saturated heterocycles. The predicted octanol–water partition coefficient (Wildman–Crippen LogP) is 6.86. The first-order valence-corrected chi connectivity index (χ1v) is 12.6. The summed E-state index contributed by atoms with van der Waals surface area (Å²) in [4.78, 5) is 39.3. The summed E-state index contributed by atoms with van der Waals surface area (Å²) in [6, 6.07) is 17.7. The van der Waals surface area contributed by atoms with Crippen LogP contribution in [0.4, 0.5) is 10.5 Å². The minimum atomic E-state index is -0.418. The van der Waals surface area contributed by atoms with Gasteiger partial charge in [0.25, 0.3) is 17.1 Å². The third kappa shape index (κ3) is 6.10. The maximum Gasteiger partial charge on any atom is 0.293 e. The Bertz CT molecular complexity index is 1390. The van der Waals surface area contributed by atoms with Gasteiger partial charge in [0.05, 0.1) is 21.5 Å². The average Bonchev–Trinajstić information content (AvgIpc) is 3.10. The van der Waals surface area contributed by atoms with Crippen molar-refractivity contribution in [3.8, 4) is 5.75 Å². The van der Waals surface area contributed by atoms with E-state index in [1.807, 2.05) is 32.0 Å². The molecule has 1 heterocycles. The number of imide groups is 1. The number of carbonyl (C=O) groups is 3. The Morgan fingerprint density at radius 2 is 1.78 bits per heavy atom. The summed E-state index contributed by atoms with van der Waals surface area (Å²) in [5.41, 5.74) is 4.17. The van der Waals surface area contributed by atoms with Crippen LogP contribution >= 0.6 is 35.0 Å². The van der Waals surface area contributed by atoms with Crippen LogP contribution in [-0.4, -0.2) is 28.6 Å². The zero-order chi connectivity index (χ0) is 25.8. The topological polar surface area (TPSA) is 75.7 Å². The quantitative estimate of drug-likeness (QED) is 0.331. The van der Waals surface area contributed by atoms with Gasteiger partial charge in [0.15, 0.2) is 6.61 Å². The Morgan fingerprint density at radius 1 is 1.00 bits per heavy atom. The fraction of sp³-hybridized carbons (Fsp3) is 0.148. The molecular formula is C27H22Cl2N2O4S. The van der Waals surface area contributed by atoms with Crippen LogP contribution in [0.15, 0.2) is 65.6 Å². The molecule has 3 amide bonds. The largest absolute Gasteiger partial charge is 0.483 e. The summed E-state index contributed by atoms with van der Waals surface area (Å²) in [6.07, 6.45) is 1.59. The predicted molar refractivity (Wildman–Crippen MR) is 144 cm³/mol. The van der Waals surface area contributed by atoms with E-state index in [9.17, 15) is 14.4 Å². The molecule has 1 fully saturated rings. The Morgan fingerprint density at radius 3 is 2.53 bits per heavy atom. The number of benzene rings is 3. The van der Waals surface area contributed by atoms with Crippen molar-refractivity contribution >= 4 is 63.8 Å². The normalized spacial score (nSPS) is 14.4. The number of anilines is 1. The molecule has 0 aliphatic carbocycles. The summed E-state index contributed by atoms with van der Waals surface area (Å²) in [5.74, 6) is -0.308. The number of para-hydroxylation sites is 1. The van der Waals surface area contributed by atoms with Gasteiger partial charge in [-0.3, -0.25) is 19.3 Å². The number of ether oxygens (including phenoxy) is 1. The molecule has 0 bridgehead atoms. The van der Waals surface area contributed by atoms with Gasteiger partial charge in [0.2, 0.25) is 0 Å². The van der Waals surface area contributed by atoms with E-state index in [-0.39, 0.29) is 29.2 Å². The highest BCUT2D eigenvalue weighted by Crippen LogP contribution is 2.35. The zero-order valence-corrected chi connectivity index (χ0v) is 21.8. The van der Waals surface area contributed by atoms with Crippen LogP contribution in [0.5, 0.6) is 5.75 Å². The number of hydrogen-bond donors (Lipinski definition) is 1. The molecule has 1 aliphatic rings. The van der Waals surface area contributed by atoms with Crippen LogP contribution in [0.3, 0.4) is 0 Å². The van der Waals surface area contributed by atoms with Crippen molar-refractivity contribution in [1.29, 1.82) is 0 Å². The van der Waals surface area contributed by atoms with E-state index < -0.39 is 5.91 Å². The molecule has 0 radical (unpaired) electrons. The standard InChI is InChI=1S/C27H22Cl2N2O4S/c1-16-7-9-20(11-17(16)2)30-25(32)15-35-23-6-4-3-5-19(23)13-24-26(33)31(27(34)36-24)14-18-8-10-21(28)22(29)12-18/h3-13H,14-15H2,1-2H3,(H,30,32)/b24-13-. The first-order valence-electron chi connectivity index (χ1n) is 11.0. The fourth-order valence-corrected chi connectivity index (χ4v) is 4.64. The lowest BCUT2D eigenvalue weighted by Crippen LogP contribution is -2.27. The lowest BCUT2D eigenvalue weighted by atomic mass is 10.1. The molecule has 0 spiro atoms. The van der Waals surface area contributed by atoms with Gasteiger partial charge in [-0.1, -0.05) is 53.5 Å². The lowest BCUT2D eigenvalue weighted by Gasteiger charge is -2.13. The number of rotatable bonds is 7. The molecule has 1 aliphatic heterocycles. The second-order valence-corrected chi connectivity index (χ2v) is 10.00. The van der Waals surface area contributed by atoms with Gasteiger partial charge in [-0.2, -0.15) is 0 Å². The van der Waals surface area contributed by atoms with Gasteiger partial charge in [-0.15, -0.1) is 0 Å². The molecule has 0 saturated carbocycles. The van der Waals surface area contributed by atoms with E-state index in [0.717, 1.165) is 27.8 Å². The highest BCUT2D eigenvalue weighted by Gasteiger charge is 2.35. The molecule has 0 unspecified atom stereocenters. The Hall–Kier alpha value is -3.26.